The van der Waals surface area contributed by atoms with Crippen LogP contribution in [0.4, 0.5) is 13.2 Å². The summed E-state index contributed by atoms with van der Waals surface area (Å²) in [5.41, 5.74) is -0.0862. The molecule has 0 spiro atoms. The number of nitrogens with one attached hydrogen (secondary N) is 2. The van der Waals surface area contributed by atoms with Gasteiger partial charge in [0.25, 0.3) is 0 Å². The van der Waals surface area contributed by atoms with Crippen molar-refractivity contribution in [3.63, 3.8) is 0 Å². The minimum Gasteiger partial charge on any atom is -0.357 e. The average molecular weight is 498 g/mol. The zero-order valence-electron chi connectivity index (χ0n) is 16.0. The standard InChI is InChI=1S/C19H29F3N4.HI/c1-3-23-18(25-13-16-8-6-10-26(4-2)14-16)24-12-15-7-5-9-17(11-15)19(20,21)22;/h5,7,9,11,16H,3-4,6,8,10,12-14H2,1-2H3,(H2,23,24,25);1H. The summed E-state index contributed by atoms with van der Waals surface area (Å²) in [6, 6.07) is 5.34. The maximum Gasteiger partial charge on any atom is 0.416 e. The summed E-state index contributed by atoms with van der Waals surface area (Å²) in [4.78, 5) is 6.89. The summed E-state index contributed by atoms with van der Waals surface area (Å²) in [5, 5.41) is 6.51. The quantitative estimate of drug-likeness (QED) is 0.353. The normalized spacial score (nSPS) is 18.7. The van der Waals surface area contributed by atoms with Crippen molar-refractivity contribution in [3.8, 4) is 0 Å². The largest absolute Gasteiger partial charge is 0.416 e. The third kappa shape index (κ3) is 8.25. The number of aliphatic imine (C=N–C) groups is 1. The molecule has 1 saturated heterocycles. The maximum absolute atomic E-state index is 12.8. The van der Waals surface area contributed by atoms with E-state index in [1.165, 1.54) is 18.9 Å². The van der Waals surface area contributed by atoms with Gasteiger partial charge in [-0.2, -0.15) is 13.2 Å². The van der Waals surface area contributed by atoms with E-state index >= 15 is 0 Å². The highest BCUT2D eigenvalue weighted by atomic mass is 127. The predicted molar refractivity (Wildman–Crippen MR) is 115 cm³/mol. The second kappa shape index (κ2) is 11.7. The molecule has 1 heterocycles. The Hall–Kier alpha value is -1.03. The molecule has 1 aliphatic heterocycles. The molecule has 154 valence electrons. The van der Waals surface area contributed by atoms with E-state index < -0.39 is 11.7 Å². The molecule has 0 aliphatic carbocycles. The lowest BCUT2D eigenvalue weighted by atomic mass is 9.98. The topological polar surface area (TPSA) is 39.7 Å². The van der Waals surface area contributed by atoms with Gasteiger partial charge in [-0.3, -0.25) is 0 Å². The number of benzene rings is 1. The van der Waals surface area contributed by atoms with Gasteiger partial charge in [-0.05, 0) is 56.5 Å². The number of nitrogens with zero attached hydrogens (tertiary/aromatic N) is 2. The first kappa shape index (κ1) is 24.0. The maximum atomic E-state index is 12.8. The van der Waals surface area contributed by atoms with Crippen molar-refractivity contribution >= 4 is 29.9 Å². The second-order valence-corrected chi connectivity index (χ2v) is 6.68. The molecular weight excluding hydrogens is 468 g/mol. The Morgan fingerprint density at radius 3 is 2.70 bits per heavy atom. The first-order valence-corrected chi connectivity index (χ1v) is 9.33. The van der Waals surface area contributed by atoms with Gasteiger partial charge in [0.1, 0.15) is 0 Å². The zero-order chi connectivity index (χ0) is 19.0. The number of guanidine groups is 1. The van der Waals surface area contributed by atoms with Crippen molar-refractivity contribution in [2.75, 3.05) is 32.7 Å². The van der Waals surface area contributed by atoms with Gasteiger partial charge in [-0.25, -0.2) is 4.99 Å². The van der Waals surface area contributed by atoms with Crippen LogP contribution in [0.25, 0.3) is 0 Å². The molecule has 27 heavy (non-hydrogen) atoms. The Labute approximate surface area is 177 Å². The summed E-state index contributed by atoms with van der Waals surface area (Å²) >= 11 is 0. The third-order valence-corrected chi connectivity index (χ3v) is 4.63. The summed E-state index contributed by atoms with van der Waals surface area (Å²) in [6.07, 6.45) is -1.93. The number of hydrogen-bond acceptors (Lipinski definition) is 2. The lowest BCUT2D eigenvalue weighted by molar-refractivity contribution is -0.137. The molecule has 1 aromatic carbocycles. The third-order valence-electron chi connectivity index (χ3n) is 4.63. The number of halogens is 4. The van der Waals surface area contributed by atoms with Crippen LogP contribution >= 0.6 is 24.0 Å². The first-order valence-electron chi connectivity index (χ1n) is 9.33. The highest BCUT2D eigenvalue weighted by molar-refractivity contribution is 14.0. The van der Waals surface area contributed by atoms with Crippen molar-refractivity contribution in [1.29, 1.82) is 0 Å². The van der Waals surface area contributed by atoms with Gasteiger partial charge in [0, 0.05) is 19.6 Å². The highest BCUT2D eigenvalue weighted by Gasteiger charge is 2.30. The fourth-order valence-corrected chi connectivity index (χ4v) is 3.20. The van der Waals surface area contributed by atoms with Crippen molar-refractivity contribution in [2.24, 2.45) is 10.9 Å². The van der Waals surface area contributed by atoms with Crippen molar-refractivity contribution in [3.05, 3.63) is 35.4 Å². The van der Waals surface area contributed by atoms with Gasteiger partial charge in [0.2, 0.25) is 0 Å². The smallest absolute Gasteiger partial charge is 0.357 e. The lowest BCUT2D eigenvalue weighted by Crippen LogP contribution is -2.44. The molecule has 2 rings (SSSR count). The van der Waals surface area contributed by atoms with Gasteiger partial charge >= 0.3 is 6.18 Å². The Morgan fingerprint density at radius 1 is 1.26 bits per heavy atom. The zero-order valence-corrected chi connectivity index (χ0v) is 18.3. The summed E-state index contributed by atoms with van der Waals surface area (Å²) in [5.74, 6) is 1.22. The van der Waals surface area contributed by atoms with Crippen LogP contribution < -0.4 is 10.6 Å². The van der Waals surface area contributed by atoms with Crippen LogP contribution in [0.2, 0.25) is 0 Å². The van der Waals surface area contributed by atoms with E-state index in [1.807, 2.05) is 6.92 Å². The molecule has 2 N–H and O–H groups in total. The number of likely N-dealkylation sites (tertiary alicyclic amines) is 1. The van der Waals surface area contributed by atoms with Gasteiger partial charge in [-0.1, -0.05) is 19.1 Å². The van der Waals surface area contributed by atoms with E-state index in [0.29, 0.717) is 24.0 Å². The van der Waals surface area contributed by atoms with Crippen LogP contribution in [-0.2, 0) is 12.7 Å². The lowest BCUT2D eigenvalue weighted by Gasteiger charge is -2.32. The average Bonchev–Trinajstić information content (AvgIpc) is 2.63. The fraction of sp³-hybridized carbons (Fsp3) is 0.632. The molecule has 1 aromatic rings. The molecule has 0 saturated carbocycles. The Morgan fingerprint density at radius 2 is 2.04 bits per heavy atom. The molecule has 4 nitrogen and oxygen atoms in total. The molecule has 0 amide bonds. The first-order chi connectivity index (χ1) is 12.4. The number of rotatable bonds is 6. The second-order valence-electron chi connectivity index (χ2n) is 6.68. The number of piperidine rings is 1. The van der Waals surface area contributed by atoms with Crippen molar-refractivity contribution in [1.82, 2.24) is 15.5 Å². The molecule has 0 aromatic heterocycles. The van der Waals surface area contributed by atoms with Crippen LogP contribution in [0.1, 0.15) is 37.8 Å². The molecule has 0 radical (unpaired) electrons. The summed E-state index contributed by atoms with van der Waals surface area (Å²) < 4.78 is 38.4. The van der Waals surface area contributed by atoms with E-state index in [-0.39, 0.29) is 30.5 Å². The van der Waals surface area contributed by atoms with E-state index in [0.717, 1.165) is 38.3 Å². The Kier molecular flexibility index (Phi) is 10.4. The van der Waals surface area contributed by atoms with Gasteiger partial charge in [0.15, 0.2) is 5.96 Å². The monoisotopic (exact) mass is 498 g/mol. The van der Waals surface area contributed by atoms with Crippen LogP contribution in [0.3, 0.4) is 0 Å². The predicted octanol–water partition coefficient (Wildman–Crippen LogP) is 4.11. The van der Waals surface area contributed by atoms with Crippen LogP contribution in [0, 0.1) is 5.92 Å². The Bertz CT molecular complexity index is 593. The number of alkyl halides is 3. The fourth-order valence-electron chi connectivity index (χ4n) is 3.20. The van der Waals surface area contributed by atoms with Gasteiger partial charge in [0.05, 0.1) is 12.1 Å². The number of hydrogen-bond donors (Lipinski definition) is 2. The summed E-state index contributed by atoms with van der Waals surface area (Å²) in [7, 11) is 0. The Balaban J connectivity index is 0.00000364. The minimum atomic E-state index is -4.32. The van der Waals surface area contributed by atoms with Crippen molar-refractivity contribution in [2.45, 2.75) is 39.4 Å². The van der Waals surface area contributed by atoms with Crippen LogP contribution in [0.15, 0.2) is 29.3 Å². The molecule has 8 heteroatoms. The van der Waals surface area contributed by atoms with E-state index in [4.69, 9.17) is 0 Å². The van der Waals surface area contributed by atoms with E-state index in [1.54, 1.807) is 6.07 Å². The molecule has 1 fully saturated rings. The van der Waals surface area contributed by atoms with Crippen LogP contribution in [-0.4, -0.2) is 43.6 Å². The van der Waals surface area contributed by atoms with E-state index in [2.05, 4.69) is 27.4 Å². The molecule has 0 bridgehead atoms. The molecule has 1 unspecified atom stereocenters. The van der Waals surface area contributed by atoms with Crippen molar-refractivity contribution < 1.29 is 13.2 Å². The molecule has 1 aliphatic rings. The van der Waals surface area contributed by atoms with E-state index in [9.17, 15) is 13.2 Å². The van der Waals surface area contributed by atoms with Crippen LogP contribution in [0.5, 0.6) is 0 Å². The summed E-state index contributed by atoms with van der Waals surface area (Å²) in [6.45, 7) is 9.21. The van der Waals surface area contributed by atoms with Gasteiger partial charge < -0.3 is 15.5 Å². The highest BCUT2D eigenvalue weighted by Crippen LogP contribution is 2.29. The molecular formula is C19H30F3IN4. The molecule has 1 atom stereocenters. The SMILES string of the molecule is CCNC(=NCc1cccc(C(F)(F)F)c1)NCC1CCCN(CC)C1.I. The van der Waals surface area contributed by atoms with Gasteiger partial charge in [-0.15, -0.1) is 24.0 Å². The minimum absolute atomic E-state index is 0.